The van der Waals surface area contributed by atoms with Gasteiger partial charge in [0.2, 0.25) is 11.8 Å². The average Bonchev–Trinajstić information content (AvgIpc) is 3.23. The molecule has 224 valence electrons. The lowest BCUT2D eigenvalue weighted by Crippen LogP contribution is -2.50. The van der Waals surface area contributed by atoms with Crippen LogP contribution in [0.15, 0.2) is 100 Å². The molecule has 1 N–H and O–H groups in total. The largest absolute Gasteiger partial charge is 0.354 e. The van der Waals surface area contributed by atoms with Crippen LogP contribution in [0.25, 0.3) is 10.8 Å². The van der Waals surface area contributed by atoms with Gasteiger partial charge in [0.25, 0.3) is 10.0 Å². The van der Waals surface area contributed by atoms with Crippen LogP contribution in [-0.4, -0.2) is 44.3 Å². The van der Waals surface area contributed by atoms with Crippen LogP contribution in [-0.2, 0) is 32.6 Å². The van der Waals surface area contributed by atoms with Crippen LogP contribution >= 0.6 is 15.9 Å². The number of nitrogens with one attached hydrogen (secondary N) is 1. The average molecular weight is 663 g/mol. The van der Waals surface area contributed by atoms with E-state index < -0.39 is 16.1 Å². The highest BCUT2D eigenvalue weighted by molar-refractivity contribution is 9.10. The summed E-state index contributed by atoms with van der Waals surface area (Å²) in [5, 5.41) is 4.63. The van der Waals surface area contributed by atoms with Gasteiger partial charge in [0, 0.05) is 42.3 Å². The predicted octanol–water partition coefficient (Wildman–Crippen LogP) is 6.45. The van der Waals surface area contributed by atoms with Crippen LogP contribution in [0, 0.1) is 0 Å². The Bertz CT molecular complexity index is 1690. The van der Waals surface area contributed by atoms with Crippen molar-refractivity contribution in [3.8, 4) is 0 Å². The molecule has 2 amide bonds. The number of carbonyl (C=O) groups excluding carboxylic acids is 2. The van der Waals surface area contributed by atoms with E-state index in [2.05, 4.69) is 28.2 Å². The van der Waals surface area contributed by atoms with Gasteiger partial charge in [0.1, 0.15) is 6.04 Å². The molecule has 4 aromatic rings. The van der Waals surface area contributed by atoms with E-state index in [1.165, 1.54) is 4.31 Å². The molecule has 0 unspecified atom stereocenters. The third-order valence-electron chi connectivity index (χ3n) is 7.80. The van der Waals surface area contributed by atoms with E-state index in [1.54, 1.807) is 17.0 Å². The number of carbonyl (C=O) groups is 2. The normalized spacial score (nSPS) is 14.0. The number of benzene rings is 4. The van der Waals surface area contributed by atoms with Gasteiger partial charge in [0.05, 0.1) is 10.6 Å². The maximum atomic E-state index is 14.0. The van der Waals surface area contributed by atoms with Crippen molar-refractivity contribution in [2.24, 2.45) is 0 Å². The Hall–Kier alpha value is -3.69. The van der Waals surface area contributed by atoms with E-state index in [0.29, 0.717) is 30.0 Å². The lowest BCUT2D eigenvalue weighted by atomic mass is 10.0. The zero-order valence-electron chi connectivity index (χ0n) is 24.2. The lowest BCUT2D eigenvalue weighted by molar-refractivity contribution is -0.141. The minimum atomic E-state index is -3.71. The summed E-state index contributed by atoms with van der Waals surface area (Å²) in [4.78, 5) is 29.6. The molecule has 0 aliphatic carbocycles. The third kappa shape index (κ3) is 6.94. The molecule has 9 heteroatoms. The first-order chi connectivity index (χ1) is 20.8. The van der Waals surface area contributed by atoms with Gasteiger partial charge in [-0.2, -0.15) is 0 Å². The highest BCUT2D eigenvalue weighted by Crippen LogP contribution is 2.42. The maximum absolute atomic E-state index is 14.0. The minimum Gasteiger partial charge on any atom is -0.354 e. The number of hydrogen-bond donors (Lipinski definition) is 1. The number of unbranched alkanes of at least 4 members (excludes halogenated alkanes) is 1. The van der Waals surface area contributed by atoms with E-state index in [4.69, 9.17) is 0 Å². The van der Waals surface area contributed by atoms with Gasteiger partial charge in [-0.15, -0.1) is 0 Å². The van der Waals surface area contributed by atoms with Crippen molar-refractivity contribution in [3.63, 3.8) is 0 Å². The quantitative estimate of drug-likeness (QED) is 0.167. The molecule has 0 fully saturated rings. The SMILES string of the molecule is CCCCNC(=O)[C@@H](Cc1ccccc1)N(Cc1ccc(Br)cc1)C(=O)CCCN1c2cccc3cccc(c23)S1(=O)=O. The Labute approximate surface area is 262 Å². The van der Waals surface area contributed by atoms with Crippen molar-refractivity contribution >= 4 is 54.2 Å². The van der Waals surface area contributed by atoms with E-state index in [0.717, 1.165) is 39.2 Å². The van der Waals surface area contributed by atoms with Crippen molar-refractivity contribution in [2.75, 3.05) is 17.4 Å². The summed E-state index contributed by atoms with van der Waals surface area (Å²) in [6.45, 7) is 3.04. The Morgan fingerprint density at radius 3 is 2.33 bits per heavy atom. The Kier molecular flexibility index (Phi) is 9.82. The fourth-order valence-corrected chi connectivity index (χ4v) is 7.58. The zero-order chi connectivity index (χ0) is 30.4. The molecule has 0 saturated carbocycles. The van der Waals surface area contributed by atoms with Crippen LogP contribution in [0.5, 0.6) is 0 Å². The minimum absolute atomic E-state index is 0.0996. The van der Waals surface area contributed by atoms with Crippen LogP contribution in [0.4, 0.5) is 5.69 Å². The molecule has 1 aliphatic rings. The Balaban J connectivity index is 1.38. The number of hydrogen-bond acceptors (Lipinski definition) is 4. The molecule has 0 radical (unpaired) electrons. The molecule has 7 nitrogen and oxygen atoms in total. The number of amides is 2. The zero-order valence-corrected chi connectivity index (χ0v) is 26.6. The van der Waals surface area contributed by atoms with Crippen LogP contribution in [0.1, 0.15) is 43.7 Å². The standard InChI is InChI=1S/C34H36BrN3O4S/c1-2-3-21-36-34(40)30(23-25-10-5-4-6-11-25)37(24-26-17-19-28(35)20-18-26)32(39)16-9-22-38-29-14-7-12-27-13-8-15-31(33(27)29)43(38,41)42/h4-8,10-15,17-20,30H,2-3,9,16,21-24H2,1H3,(H,36,40)/t30-/m1/s1. The van der Waals surface area contributed by atoms with Crippen molar-refractivity contribution < 1.29 is 18.0 Å². The van der Waals surface area contributed by atoms with E-state index in [-0.39, 0.29) is 31.3 Å². The van der Waals surface area contributed by atoms with Crippen LogP contribution in [0.3, 0.4) is 0 Å². The monoisotopic (exact) mass is 661 g/mol. The second-order valence-electron chi connectivity index (χ2n) is 10.8. The topological polar surface area (TPSA) is 86.8 Å². The van der Waals surface area contributed by atoms with Gasteiger partial charge in [-0.05, 0) is 53.6 Å². The van der Waals surface area contributed by atoms with E-state index >= 15 is 0 Å². The van der Waals surface area contributed by atoms with Crippen molar-refractivity contribution in [1.29, 1.82) is 0 Å². The number of halogens is 1. The summed E-state index contributed by atoms with van der Waals surface area (Å²) in [6, 6.07) is 27.6. The van der Waals surface area contributed by atoms with Crippen LogP contribution < -0.4 is 9.62 Å². The number of rotatable bonds is 13. The molecule has 43 heavy (non-hydrogen) atoms. The molecule has 1 aliphatic heterocycles. The highest BCUT2D eigenvalue weighted by Gasteiger charge is 2.36. The molecular weight excluding hydrogens is 626 g/mol. The number of sulfonamides is 1. The Morgan fingerprint density at radius 2 is 1.60 bits per heavy atom. The van der Waals surface area contributed by atoms with Crippen molar-refractivity contribution in [3.05, 3.63) is 107 Å². The number of nitrogens with zero attached hydrogens (tertiary/aromatic N) is 2. The van der Waals surface area contributed by atoms with Gasteiger partial charge in [-0.3, -0.25) is 13.9 Å². The third-order valence-corrected chi connectivity index (χ3v) is 10.2. The first-order valence-electron chi connectivity index (χ1n) is 14.7. The van der Waals surface area contributed by atoms with Gasteiger partial charge < -0.3 is 10.2 Å². The summed E-state index contributed by atoms with van der Waals surface area (Å²) in [5.74, 6) is -0.381. The molecule has 0 aromatic heterocycles. The molecule has 5 rings (SSSR count). The van der Waals surface area contributed by atoms with Crippen molar-refractivity contribution in [1.82, 2.24) is 10.2 Å². The summed E-state index contributed by atoms with van der Waals surface area (Å²) in [6.07, 6.45) is 2.59. The molecular formula is C34H36BrN3O4S. The molecule has 0 bridgehead atoms. The predicted molar refractivity (Wildman–Crippen MR) is 174 cm³/mol. The summed E-state index contributed by atoms with van der Waals surface area (Å²) in [5.41, 5.74) is 2.51. The van der Waals surface area contributed by atoms with Gasteiger partial charge in [-0.1, -0.05) is 96.0 Å². The molecule has 1 heterocycles. The second-order valence-corrected chi connectivity index (χ2v) is 13.6. The maximum Gasteiger partial charge on any atom is 0.265 e. The summed E-state index contributed by atoms with van der Waals surface area (Å²) >= 11 is 3.47. The van der Waals surface area contributed by atoms with E-state index in [9.17, 15) is 18.0 Å². The first-order valence-corrected chi connectivity index (χ1v) is 16.9. The van der Waals surface area contributed by atoms with Crippen molar-refractivity contribution in [2.45, 2.75) is 56.5 Å². The lowest BCUT2D eigenvalue weighted by Gasteiger charge is -2.32. The smallest absolute Gasteiger partial charge is 0.265 e. The van der Waals surface area contributed by atoms with E-state index in [1.807, 2.05) is 78.9 Å². The number of anilines is 1. The second kappa shape index (κ2) is 13.7. The molecule has 1 atom stereocenters. The summed E-state index contributed by atoms with van der Waals surface area (Å²) < 4.78 is 29.2. The molecule has 4 aromatic carbocycles. The fourth-order valence-electron chi connectivity index (χ4n) is 5.56. The van der Waals surface area contributed by atoms with Gasteiger partial charge in [0.15, 0.2) is 0 Å². The van der Waals surface area contributed by atoms with Gasteiger partial charge in [-0.25, -0.2) is 8.42 Å². The highest BCUT2D eigenvalue weighted by atomic mass is 79.9. The van der Waals surface area contributed by atoms with Gasteiger partial charge >= 0.3 is 0 Å². The Morgan fingerprint density at radius 1 is 0.884 bits per heavy atom. The fraction of sp³-hybridized carbons (Fsp3) is 0.294. The van der Waals surface area contributed by atoms with Crippen LogP contribution in [0.2, 0.25) is 0 Å². The molecule has 0 spiro atoms. The first kappa shape index (κ1) is 30.8. The summed E-state index contributed by atoms with van der Waals surface area (Å²) in [7, 11) is -3.71. The molecule has 0 saturated heterocycles.